The molecule has 0 unspecified atom stereocenters. The molecule has 0 spiro atoms. The fourth-order valence-corrected chi connectivity index (χ4v) is 5.06. The average molecular weight is 401 g/mol. The largest absolute Gasteiger partial charge is 0.322 e. The van der Waals surface area contributed by atoms with Crippen molar-refractivity contribution in [3.63, 3.8) is 0 Å². The quantitative estimate of drug-likeness (QED) is 0.776. The number of nitrogens with zero attached hydrogens (tertiary/aromatic N) is 1. The third-order valence-electron chi connectivity index (χ3n) is 4.99. The van der Waals surface area contributed by atoms with Crippen LogP contribution in [0.1, 0.15) is 53.8 Å². The molecule has 1 fully saturated rings. The summed E-state index contributed by atoms with van der Waals surface area (Å²) in [6.07, 6.45) is 2.76. The number of hydrogen-bond acceptors (Lipinski definition) is 4. The molecule has 6 nitrogen and oxygen atoms in total. The Labute approximate surface area is 165 Å². The minimum absolute atomic E-state index is 0.0183. The fourth-order valence-electron chi connectivity index (χ4n) is 3.36. The molecule has 2 aromatic rings. The molecule has 1 heterocycles. The Morgan fingerprint density at radius 3 is 2.39 bits per heavy atom. The van der Waals surface area contributed by atoms with Gasteiger partial charge < -0.3 is 5.32 Å². The molecule has 0 bridgehead atoms. The van der Waals surface area contributed by atoms with Crippen LogP contribution in [-0.4, -0.2) is 37.0 Å². The van der Waals surface area contributed by atoms with Crippen LogP contribution in [0.15, 0.2) is 53.4 Å². The molecule has 1 aliphatic heterocycles. The second-order valence-corrected chi connectivity index (χ2v) is 8.97. The van der Waals surface area contributed by atoms with Crippen molar-refractivity contribution in [1.29, 1.82) is 0 Å². The number of carbonyl (C=O) groups is 2. The van der Waals surface area contributed by atoms with Gasteiger partial charge in [0.1, 0.15) is 0 Å². The lowest BCUT2D eigenvalue weighted by Crippen LogP contribution is -2.41. The standard InChI is InChI=1S/C21H24N2O4S/c1-15-6-3-4-13-23(15)28(26,27)20-11-9-17(10-12-20)21(25)22-19-8-5-7-18(14-19)16(2)24/h5,7-12,14-15H,3-4,6,13H2,1-2H3,(H,22,25)/t15-/m0/s1. The zero-order valence-electron chi connectivity index (χ0n) is 16.0. The van der Waals surface area contributed by atoms with Crippen LogP contribution in [0.5, 0.6) is 0 Å². The van der Waals surface area contributed by atoms with Crippen molar-refractivity contribution in [3.8, 4) is 0 Å². The van der Waals surface area contributed by atoms with E-state index in [-0.39, 0.29) is 22.6 Å². The highest BCUT2D eigenvalue weighted by Gasteiger charge is 2.30. The number of benzene rings is 2. The number of sulfonamides is 1. The maximum absolute atomic E-state index is 12.9. The van der Waals surface area contributed by atoms with Crippen LogP contribution >= 0.6 is 0 Å². The highest BCUT2D eigenvalue weighted by atomic mass is 32.2. The molecule has 0 radical (unpaired) electrons. The predicted octanol–water partition coefficient (Wildman–Crippen LogP) is 3.70. The minimum atomic E-state index is -3.56. The second-order valence-electron chi connectivity index (χ2n) is 7.08. The number of rotatable bonds is 5. The average Bonchev–Trinajstić information content (AvgIpc) is 2.68. The molecule has 1 atom stereocenters. The number of piperidine rings is 1. The fraction of sp³-hybridized carbons (Fsp3) is 0.333. The van der Waals surface area contributed by atoms with Gasteiger partial charge in [-0.2, -0.15) is 4.31 Å². The summed E-state index contributed by atoms with van der Waals surface area (Å²) in [5, 5.41) is 2.73. The molecule has 28 heavy (non-hydrogen) atoms. The maximum atomic E-state index is 12.9. The Kier molecular flexibility index (Phi) is 5.96. The van der Waals surface area contributed by atoms with Gasteiger partial charge in [0.05, 0.1) is 4.90 Å². The van der Waals surface area contributed by atoms with Gasteiger partial charge in [-0.25, -0.2) is 8.42 Å². The first kappa shape index (κ1) is 20.2. The Morgan fingerprint density at radius 2 is 1.75 bits per heavy atom. The Morgan fingerprint density at radius 1 is 1.04 bits per heavy atom. The number of nitrogens with one attached hydrogen (secondary N) is 1. The van der Waals surface area contributed by atoms with Crippen molar-refractivity contribution >= 4 is 27.4 Å². The van der Waals surface area contributed by atoms with Crippen LogP contribution in [0.2, 0.25) is 0 Å². The zero-order valence-corrected chi connectivity index (χ0v) is 16.8. The summed E-state index contributed by atoms with van der Waals surface area (Å²) in [6, 6.07) is 12.6. The minimum Gasteiger partial charge on any atom is -0.322 e. The molecule has 0 saturated carbocycles. The van der Waals surface area contributed by atoms with Crippen LogP contribution in [0, 0.1) is 0 Å². The topological polar surface area (TPSA) is 83.5 Å². The van der Waals surface area contributed by atoms with Crippen molar-refractivity contribution in [3.05, 3.63) is 59.7 Å². The molecule has 1 amide bonds. The van der Waals surface area contributed by atoms with Gasteiger partial charge in [0.2, 0.25) is 10.0 Å². The van der Waals surface area contributed by atoms with E-state index in [0.29, 0.717) is 23.4 Å². The number of amides is 1. The molecule has 148 valence electrons. The van der Waals surface area contributed by atoms with Crippen LogP contribution in [-0.2, 0) is 10.0 Å². The van der Waals surface area contributed by atoms with Gasteiger partial charge >= 0.3 is 0 Å². The van der Waals surface area contributed by atoms with E-state index in [2.05, 4.69) is 5.32 Å². The predicted molar refractivity (Wildman–Crippen MR) is 108 cm³/mol. The highest BCUT2D eigenvalue weighted by Crippen LogP contribution is 2.25. The van der Waals surface area contributed by atoms with Crippen molar-refractivity contribution < 1.29 is 18.0 Å². The van der Waals surface area contributed by atoms with Gasteiger partial charge in [-0.3, -0.25) is 9.59 Å². The Balaban J connectivity index is 1.76. The third kappa shape index (κ3) is 4.31. The first-order chi connectivity index (χ1) is 13.3. The Bertz CT molecular complexity index is 984. The number of hydrogen-bond donors (Lipinski definition) is 1. The van der Waals surface area contributed by atoms with Gasteiger partial charge in [0.25, 0.3) is 5.91 Å². The molecule has 2 aromatic carbocycles. The number of carbonyl (C=O) groups excluding carboxylic acids is 2. The lowest BCUT2D eigenvalue weighted by molar-refractivity contribution is 0.101. The summed E-state index contributed by atoms with van der Waals surface area (Å²) in [5.74, 6) is -0.450. The number of Topliss-reactive ketones (excluding diaryl/α,β-unsaturated/α-hetero) is 1. The van der Waals surface area contributed by atoms with Crippen molar-refractivity contribution in [2.24, 2.45) is 0 Å². The normalized spacial score (nSPS) is 17.9. The Hall–Kier alpha value is -2.51. The van der Waals surface area contributed by atoms with Gasteiger partial charge in [0.15, 0.2) is 5.78 Å². The smallest absolute Gasteiger partial charge is 0.255 e. The van der Waals surface area contributed by atoms with Crippen LogP contribution < -0.4 is 5.32 Å². The lowest BCUT2D eigenvalue weighted by atomic mass is 10.1. The van der Waals surface area contributed by atoms with E-state index >= 15 is 0 Å². The summed E-state index contributed by atoms with van der Waals surface area (Å²) in [5.41, 5.74) is 1.37. The number of anilines is 1. The van der Waals surface area contributed by atoms with Gasteiger partial charge in [-0.15, -0.1) is 0 Å². The van der Waals surface area contributed by atoms with Gasteiger partial charge in [0, 0.05) is 29.4 Å². The van der Waals surface area contributed by atoms with Crippen LogP contribution in [0.25, 0.3) is 0 Å². The third-order valence-corrected chi connectivity index (χ3v) is 7.02. The van der Waals surface area contributed by atoms with E-state index in [0.717, 1.165) is 19.3 Å². The molecule has 1 N–H and O–H groups in total. The zero-order chi connectivity index (χ0) is 20.3. The van der Waals surface area contributed by atoms with E-state index in [1.807, 2.05) is 6.92 Å². The monoisotopic (exact) mass is 400 g/mol. The van der Waals surface area contributed by atoms with Crippen molar-refractivity contribution in [2.45, 2.75) is 44.0 Å². The van der Waals surface area contributed by atoms with Crippen molar-refractivity contribution in [1.82, 2.24) is 4.31 Å². The van der Waals surface area contributed by atoms with Gasteiger partial charge in [-0.1, -0.05) is 18.6 Å². The summed E-state index contributed by atoms with van der Waals surface area (Å²) in [4.78, 5) is 24.1. The maximum Gasteiger partial charge on any atom is 0.255 e. The molecule has 7 heteroatoms. The van der Waals surface area contributed by atoms with E-state index in [9.17, 15) is 18.0 Å². The van der Waals surface area contributed by atoms with E-state index in [1.54, 1.807) is 28.6 Å². The summed E-state index contributed by atoms with van der Waals surface area (Å²) < 4.78 is 27.3. The van der Waals surface area contributed by atoms with E-state index in [1.165, 1.54) is 31.2 Å². The molecular formula is C21H24N2O4S. The second kappa shape index (κ2) is 8.24. The van der Waals surface area contributed by atoms with Crippen LogP contribution in [0.3, 0.4) is 0 Å². The molecular weight excluding hydrogens is 376 g/mol. The number of ketones is 1. The molecule has 3 rings (SSSR count). The summed E-state index contributed by atoms with van der Waals surface area (Å²) in [6.45, 7) is 3.91. The summed E-state index contributed by atoms with van der Waals surface area (Å²) >= 11 is 0. The molecule has 1 saturated heterocycles. The lowest BCUT2D eigenvalue weighted by Gasteiger charge is -2.32. The molecule has 0 aliphatic carbocycles. The summed E-state index contributed by atoms with van der Waals surface area (Å²) in [7, 11) is -3.56. The van der Waals surface area contributed by atoms with E-state index < -0.39 is 10.0 Å². The first-order valence-electron chi connectivity index (χ1n) is 9.33. The SMILES string of the molecule is CC(=O)c1cccc(NC(=O)c2ccc(S(=O)(=O)N3CCCC[C@@H]3C)cc2)c1. The van der Waals surface area contributed by atoms with Crippen molar-refractivity contribution in [2.75, 3.05) is 11.9 Å². The molecule has 0 aromatic heterocycles. The van der Waals surface area contributed by atoms with Crippen LogP contribution in [0.4, 0.5) is 5.69 Å². The van der Waals surface area contributed by atoms with Gasteiger partial charge in [-0.05, 0) is 63.1 Å². The first-order valence-corrected chi connectivity index (χ1v) is 10.8. The van der Waals surface area contributed by atoms with E-state index in [4.69, 9.17) is 0 Å². The highest BCUT2D eigenvalue weighted by molar-refractivity contribution is 7.89. The molecule has 1 aliphatic rings.